The van der Waals surface area contributed by atoms with Crippen LogP contribution in [0.2, 0.25) is 0 Å². The molecule has 0 spiro atoms. The van der Waals surface area contributed by atoms with E-state index in [1.807, 2.05) is 35.6 Å². The number of rotatable bonds is 4. The Balaban J connectivity index is 1.64. The average Bonchev–Trinajstić information content (AvgIpc) is 3.22. The Morgan fingerprint density at radius 1 is 1.28 bits per heavy atom. The zero-order chi connectivity index (χ0) is 20.7. The molecule has 0 saturated carbocycles. The normalized spacial score (nSPS) is 12.2. The monoisotopic (exact) mass is 405 g/mol. The molecule has 0 aliphatic rings. The number of nitriles is 1. The van der Waals surface area contributed by atoms with E-state index in [0.29, 0.717) is 16.5 Å². The van der Waals surface area contributed by atoms with Crippen molar-refractivity contribution in [1.82, 2.24) is 14.6 Å². The Bertz CT molecular complexity index is 1300. The number of amides is 1. The molecule has 0 aliphatic heterocycles. The van der Waals surface area contributed by atoms with Gasteiger partial charge in [0.15, 0.2) is 10.8 Å². The first-order chi connectivity index (χ1) is 13.9. The standard InChI is InChI=1S/C21H19N5O2S/c1-11-9-18-24-25-21(26(18)17-8-6-5-7-15(11)17)29-14(4)19(27)23-20-16(10-22)12(2)13(3)28-20/h5-9,14H,1-4H3,(H,23,27). The van der Waals surface area contributed by atoms with Crippen LogP contribution in [0.15, 0.2) is 39.9 Å². The summed E-state index contributed by atoms with van der Waals surface area (Å²) in [5.41, 5.74) is 3.93. The maximum absolute atomic E-state index is 12.7. The minimum absolute atomic E-state index is 0.187. The fraction of sp³-hybridized carbons (Fsp3) is 0.238. The summed E-state index contributed by atoms with van der Waals surface area (Å²) in [6.45, 7) is 7.38. The maximum Gasteiger partial charge on any atom is 0.240 e. The number of fused-ring (bicyclic) bond motifs is 3. The third kappa shape index (κ3) is 3.23. The van der Waals surface area contributed by atoms with Gasteiger partial charge in [-0.1, -0.05) is 30.0 Å². The molecule has 1 N–H and O–H groups in total. The Morgan fingerprint density at radius 2 is 2.03 bits per heavy atom. The molecular formula is C21H19N5O2S. The minimum atomic E-state index is -0.472. The molecule has 0 fully saturated rings. The number of aryl methyl sites for hydroxylation is 2. The van der Waals surface area contributed by atoms with Crippen molar-refractivity contribution < 1.29 is 9.21 Å². The van der Waals surface area contributed by atoms with Gasteiger partial charge in [0.05, 0.1) is 10.8 Å². The van der Waals surface area contributed by atoms with Crippen LogP contribution < -0.4 is 5.32 Å². The van der Waals surface area contributed by atoms with Crippen LogP contribution >= 0.6 is 11.8 Å². The van der Waals surface area contributed by atoms with Crippen molar-refractivity contribution in [3.63, 3.8) is 0 Å². The lowest BCUT2D eigenvalue weighted by atomic mass is 10.1. The van der Waals surface area contributed by atoms with Gasteiger partial charge >= 0.3 is 0 Å². The van der Waals surface area contributed by atoms with Gasteiger partial charge in [0, 0.05) is 10.9 Å². The molecule has 3 aromatic heterocycles. The second kappa shape index (κ2) is 7.26. The number of hydrogen-bond acceptors (Lipinski definition) is 6. The molecule has 29 heavy (non-hydrogen) atoms. The fourth-order valence-electron chi connectivity index (χ4n) is 3.23. The van der Waals surface area contributed by atoms with Gasteiger partial charge in [-0.2, -0.15) is 5.26 Å². The maximum atomic E-state index is 12.7. The van der Waals surface area contributed by atoms with E-state index in [2.05, 4.69) is 27.6 Å². The lowest BCUT2D eigenvalue weighted by molar-refractivity contribution is -0.115. The minimum Gasteiger partial charge on any atom is -0.444 e. The van der Waals surface area contributed by atoms with E-state index in [1.54, 1.807) is 20.8 Å². The highest BCUT2D eigenvalue weighted by Gasteiger charge is 2.23. The molecule has 1 aromatic carbocycles. The number of carbonyl (C=O) groups is 1. The molecule has 146 valence electrons. The predicted octanol–water partition coefficient (Wildman–Crippen LogP) is 4.39. The second-order valence-electron chi connectivity index (χ2n) is 6.87. The second-order valence-corrected chi connectivity index (χ2v) is 8.18. The molecule has 0 aliphatic carbocycles. The quantitative estimate of drug-likeness (QED) is 0.506. The van der Waals surface area contributed by atoms with E-state index in [-0.39, 0.29) is 11.8 Å². The largest absolute Gasteiger partial charge is 0.444 e. The molecule has 8 heteroatoms. The number of thioether (sulfide) groups is 1. The number of nitrogens with one attached hydrogen (secondary N) is 1. The molecule has 0 saturated heterocycles. The van der Waals surface area contributed by atoms with E-state index in [1.165, 1.54) is 11.8 Å². The van der Waals surface area contributed by atoms with E-state index in [9.17, 15) is 10.1 Å². The highest BCUT2D eigenvalue weighted by Crippen LogP contribution is 2.30. The fourth-order valence-corrected chi connectivity index (χ4v) is 4.09. The summed E-state index contributed by atoms with van der Waals surface area (Å²) in [6, 6.07) is 12.1. The number of pyridine rings is 1. The predicted molar refractivity (Wildman–Crippen MR) is 112 cm³/mol. The SMILES string of the molecule is Cc1oc(NC(=O)C(C)Sc2nnc3cc(C)c4ccccc4n23)c(C#N)c1C. The number of furan rings is 1. The molecule has 1 unspecified atom stereocenters. The summed E-state index contributed by atoms with van der Waals surface area (Å²) in [5, 5.41) is 21.9. The lowest BCUT2D eigenvalue weighted by Gasteiger charge is -2.11. The Kier molecular flexibility index (Phi) is 4.76. The number of hydrogen-bond donors (Lipinski definition) is 1. The third-order valence-electron chi connectivity index (χ3n) is 4.96. The number of nitrogens with zero attached hydrogens (tertiary/aromatic N) is 4. The van der Waals surface area contributed by atoms with Crippen LogP contribution in [0.25, 0.3) is 16.6 Å². The molecule has 4 aromatic rings. The van der Waals surface area contributed by atoms with Crippen molar-refractivity contribution in [2.24, 2.45) is 0 Å². The van der Waals surface area contributed by atoms with Gasteiger partial charge in [0.1, 0.15) is 17.4 Å². The first-order valence-corrected chi connectivity index (χ1v) is 9.99. The zero-order valence-electron chi connectivity index (χ0n) is 16.5. The van der Waals surface area contributed by atoms with Gasteiger partial charge in [-0.25, -0.2) is 0 Å². The van der Waals surface area contributed by atoms with E-state index >= 15 is 0 Å². The average molecular weight is 405 g/mol. The number of carbonyl (C=O) groups excluding carboxylic acids is 1. The molecular weight excluding hydrogens is 386 g/mol. The summed E-state index contributed by atoms with van der Waals surface area (Å²) >= 11 is 1.30. The summed E-state index contributed by atoms with van der Waals surface area (Å²) in [6.07, 6.45) is 0. The smallest absolute Gasteiger partial charge is 0.240 e. The summed E-state index contributed by atoms with van der Waals surface area (Å²) < 4.78 is 7.49. The van der Waals surface area contributed by atoms with Crippen LogP contribution in [0, 0.1) is 32.1 Å². The number of para-hydroxylation sites is 1. The molecule has 4 rings (SSSR count). The lowest BCUT2D eigenvalue weighted by Crippen LogP contribution is -2.23. The van der Waals surface area contributed by atoms with Gasteiger partial charge in [0.25, 0.3) is 0 Å². The number of anilines is 1. The van der Waals surface area contributed by atoms with Crippen LogP contribution in [0.5, 0.6) is 0 Å². The summed E-state index contributed by atoms with van der Waals surface area (Å²) in [5.74, 6) is 0.531. The summed E-state index contributed by atoms with van der Waals surface area (Å²) in [7, 11) is 0. The van der Waals surface area contributed by atoms with Crippen molar-refractivity contribution in [2.75, 3.05) is 5.32 Å². The third-order valence-corrected chi connectivity index (χ3v) is 6.00. The highest BCUT2D eigenvalue weighted by atomic mass is 32.2. The van der Waals surface area contributed by atoms with Crippen LogP contribution in [-0.4, -0.2) is 25.8 Å². The number of benzene rings is 1. The molecule has 1 amide bonds. The van der Waals surface area contributed by atoms with Gasteiger partial charge in [-0.15, -0.1) is 10.2 Å². The highest BCUT2D eigenvalue weighted by molar-refractivity contribution is 8.00. The zero-order valence-corrected chi connectivity index (χ0v) is 17.3. The van der Waals surface area contributed by atoms with Gasteiger partial charge in [-0.05, 0) is 45.4 Å². The molecule has 3 heterocycles. The van der Waals surface area contributed by atoms with E-state index < -0.39 is 5.25 Å². The molecule has 0 bridgehead atoms. The Morgan fingerprint density at radius 3 is 2.79 bits per heavy atom. The van der Waals surface area contributed by atoms with Crippen molar-refractivity contribution in [3.8, 4) is 6.07 Å². The van der Waals surface area contributed by atoms with Crippen molar-refractivity contribution in [2.45, 2.75) is 38.1 Å². The Hall–Kier alpha value is -3.31. The van der Waals surface area contributed by atoms with Crippen molar-refractivity contribution in [1.29, 1.82) is 5.26 Å². The van der Waals surface area contributed by atoms with Gasteiger partial charge in [0.2, 0.25) is 11.8 Å². The van der Waals surface area contributed by atoms with E-state index in [4.69, 9.17) is 4.42 Å². The Labute approximate surface area is 171 Å². The first-order valence-electron chi connectivity index (χ1n) is 9.11. The molecule has 1 atom stereocenters. The van der Waals surface area contributed by atoms with E-state index in [0.717, 1.165) is 27.7 Å². The van der Waals surface area contributed by atoms with Gasteiger partial charge < -0.3 is 4.42 Å². The van der Waals surface area contributed by atoms with Gasteiger partial charge in [-0.3, -0.25) is 14.5 Å². The van der Waals surface area contributed by atoms with Crippen LogP contribution in [0.3, 0.4) is 0 Å². The van der Waals surface area contributed by atoms with Crippen LogP contribution in [-0.2, 0) is 4.79 Å². The molecule has 0 radical (unpaired) electrons. The number of aromatic nitrogens is 3. The van der Waals surface area contributed by atoms with Crippen LogP contribution in [0.4, 0.5) is 5.88 Å². The summed E-state index contributed by atoms with van der Waals surface area (Å²) in [4.78, 5) is 12.7. The van der Waals surface area contributed by atoms with Crippen LogP contribution in [0.1, 0.15) is 29.4 Å². The van der Waals surface area contributed by atoms with Crippen molar-refractivity contribution in [3.05, 3.63) is 52.8 Å². The topological polar surface area (TPSA) is 96.2 Å². The van der Waals surface area contributed by atoms with Crippen molar-refractivity contribution >= 4 is 40.1 Å². The molecule has 7 nitrogen and oxygen atoms in total. The first kappa shape index (κ1) is 19.0.